The average molecular weight is 468 g/mol. The number of hydrogen-bond donors (Lipinski definition) is 3. The smallest absolute Gasteiger partial charge is 0.313 e. The number of nitrogens with one attached hydrogen (secondary N) is 3. The number of ether oxygens (including phenoxy) is 2. The van der Waals surface area contributed by atoms with Gasteiger partial charge in [0.2, 0.25) is 5.91 Å². The number of amides is 3. The third-order valence-corrected chi connectivity index (χ3v) is 4.31. The van der Waals surface area contributed by atoms with Crippen molar-refractivity contribution in [3.05, 3.63) is 46.4 Å². The minimum Gasteiger partial charge on any atom is -0.490 e. The van der Waals surface area contributed by atoms with Gasteiger partial charge in [-0.1, -0.05) is 23.2 Å². The first kappa shape index (κ1) is 24.3. The number of halogens is 2. The van der Waals surface area contributed by atoms with Crippen molar-refractivity contribution in [3.8, 4) is 11.5 Å². The van der Waals surface area contributed by atoms with E-state index in [9.17, 15) is 14.4 Å². The maximum absolute atomic E-state index is 12.3. The average Bonchev–Trinajstić information content (AvgIpc) is 2.69. The van der Waals surface area contributed by atoms with Gasteiger partial charge in [0.05, 0.1) is 13.2 Å². The van der Waals surface area contributed by atoms with E-state index in [0.29, 0.717) is 46.1 Å². The second-order valence-electron chi connectivity index (χ2n) is 6.32. The molecule has 3 amide bonds. The van der Waals surface area contributed by atoms with Crippen molar-refractivity contribution in [2.45, 2.75) is 26.8 Å². The molecule has 0 radical (unpaired) electrons. The second-order valence-corrected chi connectivity index (χ2v) is 7.20. The van der Waals surface area contributed by atoms with Gasteiger partial charge in [-0.15, -0.1) is 0 Å². The van der Waals surface area contributed by atoms with E-state index in [-0.39, 0.29) is 0 Å². The predicted molar refractivity (Wildman–Crippen MR) is 120 cm³/mol. The molecular weight excluding hydrogens is 445 g/mol. The molecule has 2 aromatic rings. The lowest BCUT2D eigenvalue weighted by Gasteiger charge is -2.15. The first-order chi connectivity index (χ1) is 14.7. The maximum Gasteiger partial charge on any atom is 0.313 e. The lowest BCUT2D eigenvalue weighted by atomic mass is 10.2. The van der Waals surface area contributed by atoms with Crippen LogP contribution in [0.5, 0.6) is 11.5 Å². The van der Waals surface area contributed by atoms with Crippen molar-refractivity contribution < 1.29 is 23.9 Å². The van der Waals surface area contributed by atoms with E-state index in [1.165, 1.54) is 25.1 Å². The number of anilines is 2. The fourth-order valence-corrected chi connectivity index (χ4v) is 3.05. The highest BCUT2D eigenvalue weighted by Gasteiger charge is 2.21. The summed E-state index contributed by atoms with van der Waals surface area (Å²) in [7, 11) is 0. The molecule has 0 saturated carbocycles. The van der Waals surface area contributed by atoms with Crippen molar-refractivity contribution >= 4 is 52.3 Å². The fourth-order valence-electron chi connectivity index (χ4n) is 2.52. The van der Waals surface area contributed by atoms with Crippen LogP contribution in [-0.2, 0) is 14.4 Å². The number of carbonyl (C=O) groups is 3. The minimum absolute atomic E-state index is 0.345. The summed E-state index contributed by atoms with van der Waals surface area (Å²) >= 11 is 11.8. The van der Waals surface area contributed by atoms with Crippen LogP contribution in [0.4, 0.5) is 11.4 Å². The summed E-state index contributed by atoms with van der Waals surface area (Å²) in [6, 6.07) is 8.31. The zero-order valence-electron chi connectivity index (χ0n) is 17.3. The fraction of sp³-hybridized carbons (Fsp3) is 0.286. The zero-order chi connectivity index (χ0) is 23.0. The van der Waals surface area contributed by atoms with Gasteiger partial charge in [-0.3, -0.25) is 14.4 Å². The number of hydrogen-bond acceptors (Lipinski definition) is 5. The summed E-state index contributed by atoms with van der Waals surface area (Å²) in [4.78, 5) is 36.7. The van der Waals surface area contributed by atoms with Crippen LogP contribution in [0.3, 0.4) is 0 Å². The van der Waals surface area contributed by atoms with Gasteiger partial charge in [-0.2, -0.15) is 0 Å². The molecule has 0 aliphatic carbocycles. The van der Waals surface area contributed by atoms with Gasteiger partial charge in [-0.05, 0) is 51.1 Å². The third-order valence-electron chi connectivity index (χ3n) is 3.88. The van der Waals surface area contributed by atoms with Gasteiger partial charge in [0.1, 0.15) is 6.04 Å². The Morgan fingerprint density at radius 2 is 1.45 bits per heavy atom. The Kier molecular flexibility index (Phi) is 8.96. The maximum atomic E-state index is 12.3. The van der Waals surface area contributed by atoms with Crippen LogP contribution in [0.15, 0.2) is 36.4 Å². The molecule has 166 valence electrons. The molecule has 0 saturated heterocycles. The van der Waals surface area contributed by atoms with Crippen molar-refractivity contribution in [2.24, 2.45) is 0 Å². The molecule has 2 aromatic carbocycles. The molecule has 0 heterocycles. The van der Waals surface area contributed by atoms with E-state index < -0.39 is 23.8 Å². The molecule has 10 heteroatoms. The molecule has 0 unspecified atom stereocenters. The van der Waals surface area contributed by atoms with Crippen LogP contribution in [0.25, 0.3) is 0 Å². The molecule has 0 aliphatic rings. The largest absolute Gasteiger partial charge is 0.490 e. The molecule has 0 fully saturated rings. The molecular formula is C21H23Cl2N3O5. The lowest BCUT2D eigenvalue weighted by Crippen LogP contribution is -2.46. The summed E-state index contributed by atoms with van der Waals surface area (Å²) in [6.07, 6.45) is 0. The van der Waals surface area contributed by atoms with Crippen LogP contribution in [0, 0.1) is 0 Å². The van der Waals surface area contributed by atoms with Crippen molar-refractivity contribution in [1.29, 1.82) is 0 Å². The highest BCUT2D eigenvalue weighted by atomic mass is 35.5. The molecule has 0 spiro atoms. The number of rotatable bonds is 8. The Balaban J connectivity index is 1.97. The molecule has 0 aromatic heterocycles. The third kappa shape index (κ3) is 7.34. The molecule has 31 heavy (non-hydrogen) atoms. The SMILES string of the molecule is CCOc1ccc(NC(=O)C(=O)N[C@H](C)C(=O)Nc2cc(Cl)cc(Cl)c2)cc1OCC. The zero-order valence-corrected chi connectivity index (χ0v) is 18.8. The molecule has 2 rings (SSSR count). The Morgan fingerprint density at radius 3 is 2.06 bits per heavy atom. The van der Waals surface area contributed by atoms with Gasteiger partial charge in [0, 0.05) is 27.5 Å². The van der Waals surface area contributed by atoms with Crippen LogP contribution in [0.1, 0.15) is 20.8 Å². The van der Waals surface area contributed by atoms with Crippen LogP contribution in [0.2, 0.25) is 10.0 Å². The van der Waals surface area contributed by atoms with E-state index in [4.69, 9.17) is 32.7 Å². The summed E-state index contributed by atoms with van der Waals surface area (Å²) < 4.78 is 11.0. The minimum atomic E-state index is -0.990. The van der Waals surface area contributed by atoms with E-state index in [0.717, 1.165) is 0 Å². The normalized spacial score (nSPS) is 11.3. The molecule has 0 aliphatic heterocycles. The van der Waals surface area contributed by atoms with Crippen LogP contribution in [-0.4, -0.2) is 37.0 Å². The van der Waals surface area contributed by atoms with Gasteiger partial charge < -0.3 is 25.4 Å². The predicted octanol–water partition coefficient (Wildman–Crippen LogP) is 3.87. The molecule has 8 nitrogen and oxygen atoms in total. The Labute approximate surface area is 190 Å². The van der Waals surface area contributed by atoms with Gasteiger partial charge in [-0.25, -0.2) is 0 Å². The summed E-state index contributed by atoms with van der Waals surface area (Å²) in [5.41, 5.74) is 0.712. The first-order valence-corrected chi connectivity index (χ1v) is 10.3. The van der Waals surface area contributed by atoms with Crippen LogP contribution >= 0.6 is 23.2 Å². The van der Waals surface area contributed by atoms with Crippen molar-refractivity contribution in [2.75, 3.05) is 23.8 Å². The molecule has 0 bridgehead atoms. The van der Waals surface area contributed by atoms with Crippen molar-refractivity contribution in [1.82, 2.24) is 5.32 Å². The Hall–Kier alpha value is -2.97. The van der Waals surface area contributed by atoms with E-state index >= 15 is 0 Å². The van der Waals surface area contributed by atoms with E-state index in [1.54, 1.807) is 18.2 Å². The highest BCUT2D eigenvalue weighted by molar-refractivity contribution is 6.40. The monoisotopic (exact) mass is 467 g/mol. The standard InChI is InChI=1S/C21H23Cl2N3O5/c1-4-30-17-7-6-15(11-18(17)31-5-2)25-21(29)20(28)24-12(3)19(27)26-16-9-13(22)8-14(23)10-16/h6-12H,4-5H2,1-3H3,(H,24,28)(H,25,29)(H,26,27)/t12-/m1/s1. The van der Waals surface area contributed by atoms with E-state index in [1.807, 2.05) is 13.8 Å². The number of carbonyl (C=O) groups excluding carboxylic acids is 3. The van der Waals surface area contributed by atoms with Gasteiger partial charge in [0.15, 0.2) is 11.5 Å². The molecule has 3 N–H and O–H groups in total. The van der Waals surface area contributed by atoms with Crippen LogP contribution < -0.4 is 25.4 Å². The topological polar surface area (TPSA) is 106 Å². The summed E-state index contributed by atoms with van der Waals surface area (Å²) in [5.74, 6) is -1.48. The van der Waals surface area contributed by atoms with Gasteiger partial charge >= 0.3 is 11.8 Å². The summed E-state index contributed by atoms with van der Waals surface area (Å²) in [6.45, 7) is 5.96. The Bertz CT molecular complexity index is 948. The van der Waals surface area contributed by atoms with Gasteiger partial charge in [0.25, 0.3) is 0 Å². The van der Waals surface area contributed by atoms with Crippen molar-refractivity contribution in [3.63, 3.8) is 0 Å². The first-order valence-electron chi connectivity index (χ1n) is 9.51. The number of benzene rings is 2. The highest BCUT2D eigenvalue weighted by Crippen LogP contribution is 2.30. The molecule has 1 atom stereocenters. The summed E-state index contributed by atoms with van der Waals surface area (Å²) in [5, 5.41) is 8.07. The quantitative estimate of drug-likeness (QED) is 0.510. The lowest BCUT2D eigenvalue weighted by molar-refractivity contribution is -0.137. The second kappa shape index (κ2) is 11.4. The van der Waals surface area contributed by atoms with E-state index in [2.05, 4.69) is 16.0 Å². The Morgan fingerprint density at radius 1 is 0.839 bits per heavy atom.